The van der Waals surface area contributed by atoms with E-state index in [2.05, 4.69) is 15.2 Å². The molecule has 4 rings (SSSR count). The second-order valence-corrected chi connectivity index (χ2v) is 7.28. The topological polar surface area (TPSA) is 85.5 Å². The van der Waals surface area contributed by atoms with E-state index in [9.17, 15) is 10.1 Å². The van der Waals surface area contributed by atoms with Crippen molar-refractivity contribution in [1.29, 1.82) is 0 Å². The Bertz CT molecular complexity index is 1060. The first-order chi connectivity index (χ1) is 14.6. The summed E-state index contributed by atoms with van der Waals surface area (Å²) in [6.07, 6.45) is 3.66. The molecule has 3 heterocycles. The van der Waals surface area contributed by atoms with Gasteiger partial charge in [-0.2, -0.15) is 0 Å². The monoisotopic (exact) mass is 423 g/mol. The van der Waals surface area contributed by atoms with E-state index < -0.39 is 0 Å². The lowest BCUT2D eigenvalue weighted by atomic mass is 10.0. The Morgan fingerprint density at radius 3 is 2.83 bits per heavy atom. The van der Waals surface area contributed by atoms with Crippen molar-refractivity contribution in [1.82, 2.24) is 19.8 Å². The summed E-state index contributed by atoms with van der Waals surface area (Å²) in [7, 11) is 1.66. The smallest absolute Gasteiger partial charge is 0.271 e. The van der Waals surface area contributed by atoms with Crippen LogP contribution in [0.25, 0.3) is 5.69 Å². The van der Waals surface area contributed by atoms with E-state index in [-0.39, 0.29) is 22.7 Å². The molecule has 1 saturated heterocycles. The van der Waals surface area contributed by atoms with E-state index >= 15 is 0 Å². The lowest BCUT2D eigenvalue weighted by molar-refractivity contribution is -0.384. The number of ether oxygens (including phenoxy) is 1. The number of methoxy groups -OCH3 is 1. The minimum atomic E-state index is -0.388. The van der Waals surface area contributed by atoms with Gasteiger partial charge in [0.2, 0.25) is 0 Å². The summed E-state index contributed by atoms with van der Waals surface area (Å²) in [4.78, 5) is 17.5. The summed E-state index contributed by atoms with van der Waals surface area (Å²) >= 11 is 5.63. The molecule has 0 unspecified atom stereocenters. The van der Waals surface area contributed by atoms with E-state index in [1.807, 2.05) is 47.2 Å². The van der Waals surface area contributed by atoms with Crippen molar-refractivity contribution in [2.24, 2.45) is 0 Å². The highest BCUT2D eigenvalue weighted by Crippen LogP contribution is 2.39. The summed E-state index contributed by atoms with van der Waals surface area (Å²) in [5, 5.41) is 15.3. The zero-order valence-corrected chi connectivity index (χ0v) is 17.2. The molecule has 8 nitrogen and oxygen atoms in total. The van der Waals surface area contributed by atoms with Gasteiger partial charge in [0.05, 0.1) is 35.0 Å². The van der Waals surface area contributed by atoms with Crippen LogP contribution in [-0.2, 0) is 4.74 Å². The standard InChI is InChI=1S/C21H21N5O3S/c1-29-13-12-25-20(19(23-21(25)30)17-8-2-3-10-22-17)18-9-5-11-24(18)15-6-4-7-16(14-15)26(27)28/h2-11,14,19-20H,12-13H2,1H3,(H,23,30)/t19-,20+/m1/s1. The molecule has 30 heavy (non-hydrogen) atoms. The molecule has 1 fully saturated rings. The Kier molecular flexibility index (Phi) is 5.73. The normalized spacial score (nSPS) is 18.4. The predicted molar refractivity (Wildman–Crippen MR) is 116 cm³/mol. The fourth-order valence-electron chi connectivity index (χ4n) is 3.78. The Balaban J connectivity index is 1.79. The van der Waals surface area contributed by atoms with Crippen LogP contribution >= 0.6 is 12.2 Å². The van der Waals surface area contributed by atoms with E-state index in [1.54, 1.807) is 25.4 Å². The van der Waals surface area contributed by atoms with Gasteiger partial charge < -0.3 is 19.5 Å². The Morgan fingerprint density at radius 2 is 2.10 bits per heavy atom. The second-order valence-electron chi connectivity index (χ2n) is 6.89. The maximum Gasteiger partial charge on any atom is 0.271 e. The van der Waals surface area contributed by atoms with Gasteiger partial charge in [-0.25, -0.2) is 0 Å². The van der Waals surface area contributed by atoms with Crippen LogP contribution in [0.2, 0.25) is 0 Å². The van der Waals surface area contributed by atoms with Gasteiger partial charge in [0.15, 0.2) is 5.11 Å². The Labute approximate surface area is 179 Å². The lowest BCUT2D eigenvalue weighted by Gasteiger charge is -2.28. The van der Waals surface area contributed by atoms with E-state index in [4.69, 9.17) is 17.0 Å². The largest absolute Gasteiger partial charge is 0.383 e. The molecule has 0 bridgehead atoms. The molecule has 0 amide bonds. The zero-order chi connectivity index (χ0) is 21.1. The van der Waals surface area contributed by atoms with Gasteiger partial charge in [-0.05, 0) is 42.5 Å². The number of aromatic nitrogens is 2. The fourth-order valence-corrected chi connectivity index (χ4v) is 4.12. The van der Waals surface area contributed by atoms with Crippen LogP contribution < -0.4 is 5.32 Å². The van der Waals surface area contributed by atoms with Gasteiger partial charge in [0, 0.05) is 43.9 Å². The molecule has 9 heteroatoms. The molecular weight excluding hydrogens is 402 g/mol. The number of rotatable bonds is 7. The van der Waals surface area contributed by atoms with Crippen molar-refractivity contribution < 1.29 is 9.66 Å². The molecule has 0 spiro atoms. The molecule has 1 N–H and O–H groups in total. The average molecular weight is 423 g/mol. The number of nitrogens with zero attached hydrogens (tertiary/aromatic N) is 4. The quantitative estimate of drug-likeness (QED) is 0.354. The van der Waals surface area contributed by atoms with Gasteiger partial charge in [-0.3, -0.25) is 15.1 Å². The van der Waals surface area contributed by atoms with Crippen LogP contribution in [0.4, 0.5) is 5.69 Å². The molecule has 154 valence electrons. The SMILES string of the molecule is COCCN1C(=S)N[C@H](c2ccccn2)[C@@H]1c1cccn1-c1cccc([N+](=O)[O-])c1. The van der Waals surface area contributed by atoms with Crippen molar-refractivity contribution in [3.05, 3.63) is 88.5 Å². The number of hydrogen-bond donors (Lipinski definition) is 1. The van der Waals surface area contributed by atoms with Crippen LogP contribution in [0.1, 0.15) is 23.5 Å². The number of thiocarbonyl (C=S) groups is 1. The highest BCUT2D eigenvalue weighted by atomic mass is 32.1. The van der Waals surface area contributed by atoms with Gasteiger partial charge in [0.25, 0.3) is 5.69 Å². The number of hydrogen-bond acceptors (Lipinski definition) is 5. The third-order valence-corrected chi connectivity index (χ3v) is 5.49. The number of benzene rings is 1. The van der Waals surface area contributed by atoms with Crippen molar-refractivity contribution >= 4 is 23.0 Å². The van der Waals surface area contributed by atoms with Crippen molar-refractivity contribution in [2.45, 2.75) is 12.1 Å². The van der Waals surface area contributed by atoms with Crippen LogP contribution in [-0.4, -0.2) is 44.7 Å². The Hall–Kier alpha value is -3.30. The summed E-state index contributed by atoms with van der Waals surface area (Å²) in [5.74, 6) is 0. The van der Waals surface area contributed by atoms with Crippen molar-refractivity contribution in [2.75, 3.05) is 20.3 Å². The molecule has 0 radical (unpaired) electrons. The zero-order valence-electron chi connectivity index (χ0n) is 16.3. The second kappa shape index (κ2) is 8.60. The molecular formula is C21H21N5O3S. The van der Waals surface area contributed by atoms with Crippen LogP contribution in [0.15, 0.2) is 67.0 Å². The van der Waals surface area contributed by atoms with Crippen molar-refractivity contribution in [3.63, 3.8) is 0 Å². The van der Waals surface area contributed by atoms with Gasteiger partial charge in [0.1, 0.15) is 0 Å². The summed E-state index contributed by atoms with van der Waals surface area (Å²) < 4.78 is 7.25. The molecule has 0 aliphatic carbocycles. The highest BCUT2D eigenvalue weighted by Gasteiger charge is 2.41. The number of nitrogens with one attached hydrogen (secondary N) is 1. The van der Waals surface area contributed by atoms with Crippen molar-refractivity contribution in [3.8, 4) is 5.69 Å². The highest BCUT2D eigenvalue weighted by molar-refractivity contribution is 7.80. The molecule has 1 aliphatic heterocycles. The number of nitro benzene ring substituents is 1. The first-order valence-corrected chi connectivity index (χ1v) is 9.90. The number of pyridine rings is 1. The minimum absolute atomic E-state index is 0.0460. The molecule has 1 aromatic carbocycles. The number of nitro groups is 1. The average Bonchev–Trinajstić information content (AvgIpc) is 3.37. The van der Waals surface area contributed by atoms with Gasteiger partial charge in [-0.1, -0.05) is 12.1 Å². The van der Waals surface area contributed by atoms with E-state index in [1.165, 1.54) is 6.07 Å². The fraction of sp³-hybridized carbons (Fsp3) is 0.238. The van der Waals surface area contributed by atoms with E-state index in [0.29, 0.717) is 24.0 Å². The van der Waals surface area contributed by atoms with Gasteiger partial charge >= 0.3 is 0 Å². The summed E-state index contributed by atoms with van der Waals surface area (Å²) in [6.45, 7) is 1.13. The first-order valence-electron chi connectivity index (χ1n) is 9.49. The molecule has 2 atom stereocenters. The van der Waals surface area contributed by atoms with E-state index in [0.717, 1.165) is 11.4 Å². The first kappa shape index (κ1) is 20.0. The molecule has 2 aromatic heterocycles. The van der Waals surface area contributed by atoms with Crippen LogP contribution in [0.5, 0.6) is 0 Å². The summed E-state index contributed by atoms with van der Waals surface area (Å²) in [5.41, 5.74) is 2.59. The third-order valence-electron chi connectivity index (χ3n) is 5.14. The van der Waals surface area contributed by atoms with Crippen LogP contribution in [0, 0.1) is 10.1 Å². The molecule has 1 aliphatic rings. The predicted octanol–water partition coefficient (Wildman–Crippen LogP) is 3.40. The lowest BCUT2D eigenvalue weighted by Crippen LogP contribution is -2.33. The number of non-ortho nitro benzene ring substituents is 1. The molecule has 3 aromatic rings. The molecule has 0 saturated carbocycles. The Morgan fingerprint density at radius 1 is 1.23 bits per heavy atom. The third kappa shape index (κ3) is 3.77. The summed E-state index contributed by atoms with van der Waals surface area (Å²) in [6, 6.07) is 16.0. The van der Waals surface area contributed by atoms with Crippen LogP contribution in [0.3, 0.4) is 0 Å². The maximum absolute atomic E-state index is 11.3. The van der Waals surface area contributed by atoms with Gasteiger partial charge in [-0.15, -0.1) is 0 Å². The maximum atomic E-state index is 11.3. The minimum Gasteiger partial charge on any atom is -0.383 e.